The largest absolute Gasteiger partial charge is 0.297 e. The molecule has 9 heteroatoms. The molecule has 212 valence electrons. The zero-order valence-corrected chi connectivity index (χ0v) is 25.4. The molecule has 6 rings (SSSR count). The smallest absolute Gasteiger partial charge is 0.175 e. The van der Waals surface area contributed by atoms with Crippen LogP contribution in [0.4, 0.5) is 5.69 Å². The number of anilines is 1. The van der Waals surface area contributed by atoms with Gasteiger partial charge in [-0.1, -0.05) is 66.2 Å². The van der Waals surface area contributed by atoms with Crippen LogP contribution < -0.4 is 5.01 Å². The van der Waals surface area contributed by atoms with Gasteiger partial charge < -0.3 is 0 Å². The molecule has 1 fully saturated rings. The van der Waals surface area contributed by atoms with Gasteiger partial charge in [0.1, 0.15) is 0 Å². The Morgan fingerprint density at radius 2 is 1.51 bits per heavy atom. The lowest BCUT2D eigenvalue weighted by Gasteiger charge is -2.40. The summed E-state index contributed by atoms with van der Waals surface area (Å²) in [6.45, 7) is 6.67. The van der Waals surface area contributed by atoms with Gasteiger partial charge in [-0.25, -0.2) is 8.42 Å². The van der Waals surface area contributed by atoms with Gasteiger partial charge in [0, 0.05) is 50.4 Å². The third-order valence-corrected chi connectivity index (χ3v) is 10.2. The third-order valence-electron chi connectivity index (χ3n) is 7.57. The molecule has 41 heavy (non-hydrogen) atoms. The SMILES string of the molecule is CS(=O)(=O)c1cccc(-c2ccc(C3=CCN(CN4CCN(Cc5ccccc5)CC4)N3c3ccccc3Cl)s2)c1. The average molecular weight is 605 g/mol. The van der Waals surface area contributed by atoms with Gasteiger partial charge >= 0.3 is 0 Å². The lowest BCUT2D eigenvalue weighted by molar-refractivity contribution is 0.0785. The first-order valence-electron chi connectivity index (χ1n) is 13.7. The van der Waals surface area contributed by atoms with Crippen LogP contribution in [0.1, 0.15) is 10.4 Å². The van der Waals surface area contributed by atoms with Gasteiger partial charge in [0.2, 0.25) is 0 Å². The number of hydrogen-bond donors (Lipinski definition) is 0. The first kappa shape index (κ1) is 28.2. The number of rotatable bonds is 8. The van der Waals surface area contributed by atoms with Crippen molar-refractivity contribution in [3.05, 3.63) is 113 Å². The minimum atomic E-state index is -3.28. The highest BCUT2D eigenvalue weighted by atomic mass is 35.5. The van der Waals surface area contributed by atoms with Crippen molar-refractivity contribution in [1.29, 1.82) is 0 Å². The zero-order chi connectivity index (χ0) is 28.4. The minimum Gasteiger partial charge on any atom is -0.297 e. The monoisotopic (exact) mass is 604 g/mol. The number of sulfone groups is 1. The lowest BCUT2D eigenvalue weighted by atomic mass is 10.2. The second kappa shape index (κ2) is 12.1. The topological polar surface area (TPSA) is 47.1 Å². The van der Waals surface area contributed by atoms with Crippen molar-refractivity contribution in [2.75, 3.05) is 50.7 Å². The average Bonchev–Trinajstić information content (AvgIpc) is 3.62. The Morgan fingerprint density at radius 1 is 0.805 bits per heavy atom. The van der Waals surface area contributed by atoms with Crippen LogP contribution in [0.15, 0.2) is 102 Å². The maximum Gasteiger partial charge on any atom is 0.175 e. The first-order valence-corrected chi connectivity index (χ1v) is 16.8. The lowest BCUT2D eigenvalue weighted by Crippen LogP contribution is -2.52. The van der Waals surface area contributed by atoms with E-state index < -0.39 is 9.84 Å². The quantitative estimate of drug-likeness (QED) is 0.234. The second-order valence-electron chi connectivity index (χ2n) is 10.5. The highest BCUT2D eigenvalue weighted by Gasteiger charge is 2.31. The van der Waals surface area contributed by atoms with Crippen LogP contribution >= 0.6 is 22.9 Å². The Hall–Kier alpha value is -2.98. The number of para-hydroxylation sites is 1. The van der Waals surface area contributed by atoms with Crippen molar-refractivity contribution in [3.63, 3.8) is 0 Å². The fraction of sp³-hybridized carbons (Fsp3) is 0.250. The molecule has 0 atom stereocenters. The molecule has 4 aromatic rings. The number of hydrogen-bond acceptors (Lipinski definition) is 7. The maximum atomic E-state index is 12.1. The molecular weight excluding hydrogens is 572 g/mol. The molecule has 6 nitrogen and oxygen atoms in total. The summed E-state index contributed by atoms with van der Waals surface area (Å²) in [5.74, 6) is 0. The molecule has 0 aliphatic carbocycles. The van der Waals surface area contributed by atoms with E-state index in [1.165, 1.54) is 11.8 Å². The number of hydrazine groups is 1. The van der Waals surface area contributed by atoms with Gasteiger partial charge in [0.25, 0.3) is 0 Å². The highest BCUT2D eigenvalue weighted by Crippen LogP contribution is 2.41. The van der Waals surface area contributed by atoms with Crippen molar-refractivity contribution in [2.45, 2.75) is 11.4 Å². The Morgan fingerprint density at radius 3 is 2.27 bits per heavy atom. The van der Waals surface area contributed by atoms with Gasteiger partial charge in [-0.05, 0) is 53.6 Å². The van der Waals surface area contributed by atoms with Crippen LogP contribution in [-0.2, 0) is 16.4 Å². The van der Waals surface area contributed by atoms with Crippen molar-refractivity contribution in [1.82, 2.24) is 14.8 Å². The molecule has 1 saturated heterocycles. The molecule has 0 saturated carbocycles. The van der Waals surface area contributed by atoms with E-state index in [0.717, 1.165) is 72.6 Å². The predicted octanol–water partition coefficient (Wildman–Crippen LogP) is 6.33. The zero-order valence-electron chi connectivity index (χ0n) is 23.0. The van der Waals surface area contributed by atoms with Gasteiger partial charge in [-0.15, -0.1) is 11.3 Å². The van der Waals surface area contributed by atoms with Crippen LogP contribution in [0.2, 0.25) is 5.02 Å². The molecule has 0 unspecified atom stereocenters. The fourth-order valence-corrected chi connectivity index (χ4v) is 7.33. The number of piperazine rings is 1. The van der Waals surface area contributed by atoms with E-state index in [9.17, 15) is 8.42 Å². The summed E-state index contributed by atoms with van der Waals surface area (Å²) in [5.41, 5.74) is 4.31. The van der Waals surface area contributed by atoms with Crippen molar-refractivity contribution in [2.24, 2.45) is 0 Å². The fourth-order valence-electron chi connectivity index (χ4n) is 5.42. The molecule has 3 heterocycles. The molecule has 0 radical (unpaired) electrons. The Labute approximate surface area is 251 Å². The predicted molar refractivity (Wildman–Crippen MR) is 170 cm³/mol. The molecule has 3 aromatic carbocycles. The summed E-state index contributed by atoms with van der Waals surface area (Å²) >= 11 is 8.41. The van der Waals surface area contributed by atoms with Gasteiger partial charge in [0.15, 0.2) is 9.84 Å². The van der Waals surface area contributed by atoms with Crippen LogP contribution in [0, 0.1) is 0 Å². The van der Waals surface area contributed by atoms with Crippen LogP contribution in [0.25, 0.3) is 16.1 Å². The second-order valence-corrected chi connectivity index (χ2v) is 14.0. The van der Waals surface area contributed by atoms with E-state index in [0.29, 0.717) is 9.92 Å². The van der Waals surface area contributed by atoms with E-state index in [2.05, 4.69) is 74.4 Å². The Bertz CT molecular complexity index is 1650. The van der Waals surface area contributed by atoms with Crippen LogP contribution in [-0.4, -0.2) is 68.9 Å². The van der Waals surface area contributed by atoms with E-state index in [1.54, 1.807) is 29.5 Å². The maximum absolute atomic E-state index is 12.1. The van der Waals surface area contributed by atoms with E-state index in [1.807, 2.05) is 24.3 Å². The van der Waals surface area contributed by atoms with E-state index >= 15 is 0 Å². The summed E-state index contributed by atoms with van der Waals surface area (Å²) in [4.78, 5) is 7.51. The summed E-state index contributed by atoms with van der Waals surface area (Å²) in [5, 5.41) is 5.31. The minimum absolute atomic E-state index is 0.331. The van der Waals surface area contributed by atoms with E-state index in [4.69, 9.17) is 11.6 Å². The molecular formula is C32H33ClN4O2S2. The number of thiophene rings is 1. The molecule has 0 amide bonds. The van der Waals surface area contributed by atoms with E-state index in [-0.39, 0.29) is 0 Å². The van der Waals surface area contributed by atoms with Crippen molar-refractivity contribution >= 4 is 44.2 Å². The molecule has 1 aromatic heterocycles. The van der Waals surface area contributed by atoms with Gasteiger partial charge in [0.05, 0.1) is 32.8 Å². The molecule has 2 aliphatic rings. The molecule has 2 aliphatic heterocycles. The number of halogens is 1. The Balaban J connectivity index is 1.20. The molecule has 0 bridgehead atoms. The Kier molecular flexibility index (Phi) is 8.30. The first-order chi connectivity index (χ1) is 19.8. The van der Waals surface area contributed by atoms with Gasteiger partial charge in [-0.3, -0.25) is 14.8 Å². The summed E-state index contributed by atoms with van der Waals surface area (Å²) in [7, 11) is -3.28. The molecule has 0 spiro atoms. The summed E-state index contributed by atoms with van der Waals surface area (Å²) < 4.78 is 24.3. The third kappa shape index (κ3) is 6.43. The van der Waals surface area contributed by atoms with Gasteiger partial charge in [-0.2, -0.15) is 5.01 Å². The normalized spacial score (nSPS) is 17.2. The van der Waals surface area contributed by atoms with Crippen LogP contribution in [0.3, 0.4) is 0 Å². The van der Waals surface area contributed by atoms with Crippen molar-refractivity contribution < 1.29 is 8.42 Å². The number of benzene rings is 3. The van der Waals surface area contributed by atoms with Crippen LogP contribution in [0.5, 0.6) is 0 Å². The summed E-state index contributed by atoms with van der Waals surface area (Å²) in [6, 6.07) is 30.0. The van der Waals surface area contributed by atoms with Crippen molar-refractivity contribution in [3.8, 4) is 10.4 Å². The summed E-state index contributed by atoms with van der Waals surface area (Å²) in [6.07, 6.45) is 3.51. The standard InChI is InChI=1S/C32H33ClN4O2S2/c1-41(38,39)27-11-7-10-26(22-27)31-14-15-32(40-31)30-16-17-36(37(30)29-13-6-5-12-28(29)33)24-35-20-18-34(19-21-35)23-25-8-3-2-4-9-25/h2-16,22H,17-21,23-24H2,1H3. The highest BCUT2D eigenvalue weighted by molar-refractivity contribution is 7.90. The number of nitrogens with zero attached hydrogens (tertiary/aromatic N) is 4. The molecule has 0 N–H and O–H groups in total.